The number of rotatable bonds is 5. The van der Waals surface area contributed by atoms with Crippen molar-refractivity contribution in [1.82, 2.24) is 0 Å². The fraction of sp³-hybridized carbons (Fsp3) is 1.00. The molecule has 0 atom stereocenters. The highest BCUT2D eigenvalue weighted by Crippen LogP contribution is 2.27. The van der Waals surface area contributed by atoms with E-state index in [1.807, 2.05) is 0 Å². The highest BCUT2D eigenvalue weighted by atomic mass is 14.9. The summed E-state index contributed by atoms with van der Waals surface area (Å²) < 4.78 is 0. The molecule has 0 aromatic carbocycles. The van der Waals surface area contributed by atoms with Gasteiger partial charge >= 0.3 is 0 Å². The second-order valence-electron chi connectivity index (χ2n) is 6.28. The summed E-state index contributed by atoms with van der Waals surface area (Å²) in [5, 5.41) is 0. The van der Waals surface area contributed by atoms with Gasteiger partial charge in [0.15, 0.2) is 0 Å². The summed E-state index contributed by atoms with van der Waals surface area (Å²) in [6.45, 7) is 11.1. The molecular weight excluding hydrogens is 172 g/mol. The smallest absolute Gasteiger partial charge is 0.0573 e. The molecule has 0 saturated heterocycles. The number of hydrogen-bond acceptors (Lipinski definition) is 2. The Labute approximate surface area is 89.4 Å². The molecule has 0 heterocycles. The van der Waals surface area contributed by atoms with Crippen LogP contribution in [0, 0.1) is 10.8 Å². The normalized spacial score (nSPS) is 13.7. The highest BCUT2D eigenvalue weighted by molar-refractivity contribution is 4.76. The van der Waals surface area contributed by atoms with Crippen molar-refractivity contribution >= 4 is 0 Å². The lowest BCUT2D eigenvalue weighted by molar-refractivity contribution is 0.249. The van der Waals surface area contributed by atoms with E-state index in [0.717, 1.165) is 6.42 Å². The molecule has 2 nitrogen and oxygen atoms in total. The molecule has 0 aromatic rings. The van der Waals surface area contributed by atoms with Crippen LogP contribution < -0.4 is 11.5 Å². The summed E-state index contributed by atoms with van der Waals surface area (Å²) in [7, 11) is 0. The fourth-order valence-corrected chi connectivity index (χ4v) is 1.40. The Morgan fingerprint density at radius 1 is 0.857 bits per heavy atom. The average Bonchev–Trinajstić information content (AvgIpc) is 1.96. The Bertz CT molecular complexity index is 154. The third kappa shape index (κ3) is 6.39. The first-order valence-electron chi connectivity index (χ1n) is 5.66. The summed E-state index contributed by atoms with van der Waals surface area (Å²) in [4.78, 5) is 0. The van der Waals surface area contributed by atoms with Crippen LogP contribution in [-0.2, 0) is 0 Å². The van der Waals surface area contributed by atoms with Crippen molar-refractivity contribution in [3.8, 4) is 0 Å². The maximum absolute atomic E-state index is 5.72. The van der Waals surface area contributed by atoms with Crippen molar-refractivity contribution in [2.75, 3.05) is 0 Å². The van der Waals surface area contributed by atoms with Crippen LogP contribution in [0.4, 0.5) is 0 Å². The molecule has 0 aromatic heterocycles. The Kier molecular flexibility index (Phi) is 5.10. The molecule has 0 unspecified atom stereocenters. The van der Waals surface area contributed by atoms with E-state index >= 15 is 0 Å². The maximum atomic E-state index is 5.72. The molecule has 86 valence electrons. The van der Waals surface area contributed by atoms with Crippen LogP contribution >= 0.6 is 0 Å². The Morgan fingerprint density at radius 2 is 1.29 bits per heavy atom. The lowest BCUT2D eigenvalue weighted by atomic mass is 9.82. The maximum Gasteiger partial charge on any atom is 0.0573 e. The lowest BCUT2D eigenvalue weighted by Gasteiger charge is -2.29. The molecule has 4 N–H and O–H groups in total. The first-order valence-corrected chi connectivity index (χ1v) is 5.66. The molecule has 0 bridgehead atoms. The van der Waals surface area contributed by atoms with Crippen LogP contribution in [0.3, 0.4) is 0 Å². The molecule has 14 heavy (non-hydrogen) atoms. The Hall–Kier alpha value is -0.0800. The molecule has 0 aliphatic heterocycles. The van der Waals surface area contributed by atoms with Gasteiger partial charge in [-0.05, 0) is 23.7 Å². The highest BCUT2D eigenvalue weighted by Gasteiger charge is 2.22. The zero-order valence-corrected chi connectivity index (χ0v) is 10.6. The summed E-state index contributed by atoms with van der Waals surface area (Å²) >= 11 is 0. The largest absolute Gasteiger partial charge is 0.316 e. The molecule has 0 rings (SSSR count). The van der Waals surface area contributed by atoms with Gasteiger partial charge in [-0.15, -0.1) is 0 Å². The van der Waals surface area contributed by atoms with Gasteiger partial charge in [-0.3, -0.25) is 0 Å². The minimum atomic E-state index is -0.197. The van der Waals surface area contributed by atoms with Crippen molar-refractivity contribution in [2.24, 2.45) is 22.3 Å². The minimum Gasteiger partial charge on any atom is -0.316 e. The fourth-order valence-electron chi connectivity index (χ4n) is 1.40. The van der Waals surface area contributed by atoms with Gasteiger partial charge < -0.3 is 11.5 Å². The van der Waals surface area contributed by atoms with Gasteiger partial charge in [0.25, 0.3) is 0 Å². The quantitative estimate of drug-likeness (QED) is 0.529. The van der Waals surface area contributed by atoms with Gasteiger partial charge in [0.2, 0.25) is 0 Å². The first kappa shape index (κ1) is 13.9. The Balaban J connectivity index is 3.65. The van der Waals surface area contributed by atoms with Crippen molar-refractivity contribution in [1.29, 1.82) is 0 Å². The Morgan fingerprint density at radius 3 is 1.64 bits per heavy atom. The number of hydrogen-bond donors (Lipinski definition) is 2. The van der Waals surface area contributed by atoms with E-state index in [2.05, 4.69) is 34.6 Å². The molecular formula is C12H28N2. The van der Waals surface area contributed by atoms with E-state index in [9.17, 15) is 0 Å². The predicted octanol–water partition coefficient (Wildman–Crippen LogP) is 2.86. The van der Waals surface area contributed by atoms with Gasteiger partial charge in [-0.2, -0.15) is 0 Å². The van der Waals surface area contributed by atoms with Crippen molar-refractivity contribution < 1.29 is 0 Å². The molecule has 0 aliphatic carbocycles. The van der Waals surface area contributed by atoms with E-state index in [-0.39, 0.29) is 11.6 Å². The summed E-state index contributed by atoms with van der Waals surface area (Å²) in [6.07, 6.45) is 4.72. The van der Waals surface area contributed by atoms with Gasteiger partial charge in [-0.1, -0.05) is 47.5 Å². The molecule has 0 aliphatic rings. The SMILES string of the molecule is CC(C)(C)CCCCC(C)(C)C(N)N. The molecule has 0 spiro atoms. The van der Waals surface area contributed by atoms with Crippen molar-refractivity contribution in [3.63, 3.8) is 0 Å². The van der Waals surface area contributed by atoms with E-state index in [4.69, 9.17) is 11.5 Å². The van der Waals surface area contributed by atoms with Crippen molar-refractivity contribution in [2.45, 2.75) is 66.5 Å². The summed E-state index contributed by atoms with van der Waals surface area (Å²) in [5.74, 6) is 0. The topological polar surface area (TPSA) is 52.0 Å². The van der Waals surface area contributed by atoms with E-state index in [1.54, 1.807) is 0 Å². The monoisotopic (exact) mass is 200 g/mol. The van der Waals surface area contributed by atoms with E-state index in [0.29, 0.717) is 5.41 Å². The lowest BCUT2D eigenvalue weighted by Crippen LogP contribution is -2.44. The third-order valence-electron chi connectivity index (χ3n) is 2.90. The van der Waals surface area contributed by atoms with Crippen LogP contribution in [0.15, 0.2) is 0 Å². The van der Waals surface area contributed by atoms with Crippen LogP contribution in [0.2, 0.25) is 0 Å². The first-order chi connectivity index (χ1) is 6.15. The average molecular weight is 200 g/mol. The summed E-state index contributed by atoms with van der Waals surface area (Å²) in [5.41, 5.74) is 12.0. The van der Waals surface area contributed by atoms with Gasteiger partial charge in [0.05, 0.1) is 6.17 Å². The predicted molar refractivity (Wildman–Crippen MR) is 63.9 cm³/mol. The van der Waals surface area contributed by atoms with Crippen LogP contribution in [0.5, 0.6) is 0 Å². The third-order valence-corrected chi connectivity index (χ3v) is 2.90. The van der Waals surface area contributed by atoms with Gasteiger partial charge in [-0.25, -0.2) is 0 Å². The standard InChI is InChI=1S/C12H28N2/c1-11(2,3)8-6-7-9-12(4,5)10(13)14/h10H,6-9,13-14H2,1-5H3. The van der Waals surface area contributed by atoms with Crippen LogP contribution in [0.1, 0.15) is 60.3 Å². The molecule has 2 heteroatoms. The molecule has 0 radical (unpaired) electrons. The van der Waals surface area contributed by atoms with E-state index < -0.39 is 0 Å². The second-order valence-corrected chi connectivity index (χ2v) is 6.28. The molecule has 0 saturated carbocycles. The van der Waals surface area contributed by atoms with Crippen LogP contribution in [-0.4, -0.2) is 6.17 Å². The van der Waals surface area contributed by atoms with E-state index in [1.165, 1.54) is 19.3 Å². The second kappa shape index (κ2) is 5.13. The zero-order chi connectivity index (χ0) is 11.4. The number of unbranched alkanes of at least 4 members (excludes halogenated alkanes) is 1. The van der Waals surface area contributed by atoms with Crippen LogP contribution in [0.25, 0.3) is 0 Å². The summed E-state index contributed by atoms with van der Waals surface area (Å²) in [6, 6.07) is 0. The zero-order valence-electron chi connectivity index (χ0n) is 10.6. The van der Waals surface area contributed by atoms with Gasteiger partial charge in [0, 0.05) is 0 Å². The molecule has 0 fully saturated rings. The van der Waals surface area contributed by atoms with Crippen molar-refractivity contribution in [3.05, 3.63) is 0 Å². The molecule has 0 amide bonds. The van der Waals surface area contributed by atoms with Gasteiger partial charge in [0.1, 0.15) is 0 Å². The minimum absolute atomic E-state index is 0.0812. The number of nitrogens with two attached hydrogens (primary N) is 2.